The Morgan fingerprint density at radius 1 is 1.17 bits per heavy atom. The van der Waals surface area contributed by atoms with Crippen LogP contribution in [0.1, 0.15) is 24.0 Å². The summed E-state index contributed by atoms with van der Waals surface area (Å²) in [7, 11) is 0. The Labute approximate surface area is 156 Å². The number of benzene rings is 1. The van der Waals surface area contributed by atoms with Crippen molar-refractivity contribution in [3.05, 3.63) is 29.3 Å². The highest BCUT2D eigenvalue weighted by Crippen LogP contribution is 2.13. The Morgan fingerprint density at radius 3 is 2.48 bits per heavy atom. The summed E-state index contributed by atoms with van der Waals surface area (Å²) >= 11 is 0. The van der Waals surface area contributed by atoms with E-state index in [-0.39, 0.29) is 24.0 Å². The second-order valence-electron chi connectivity index (χ2n) is 5.93. The minimum Gasteiger partial charge on any atom is -0.379 e. The van der Waals surface area contributed by atoms with Gasteiger partial charge in [-0.2, -0.15) is 0 Å². The highest BCUT2D eigenvalue weighted by Gasteiger charge is 2.08. The van der Waals surface area contributed by atoms with Gasteiger partial charge in [-0.3, -0.25) is 9.89 Å². The van der Waals surface area contributed by atoms with Crippen molar-refractivity contribution < 1.29 is 4.74 Å². The van der Waals surface area contributed by atoms with E-state index in [1.54, 1.807) is 0 Å². The SMILES string of the molecule is Cc1cc(C)cc(NC(N)=NCCCCN2CCOCC2)c1.I. The number of guanidine groups is 1. The van der Waals surface area contributed by atoms with E-state index in [0.29, 0.717) is 5.96 Å². The van der Waals surface area contributed by atoms with Crippen molar-refractivity contribution in [2.45, 2.75) is 26.7 Å². The van der Waals surface area contributed by atoms with Gasteiger partial charge in [-0.1, -0.05) is 6.07 Å². The molecule has 0 saturated carbocycles. The van der Waals surface area contributed by atoms with Crippen LogP contribution in [0.5, 0.6) is 0 Å². The molecule has 1 aliphatic rings. The minimum absolute atomic E-state index is 0. The zero-order valence-corrected chi connectivity index (χ0v) is 16.5. The number of hydrogen-bond acceptors (Lipinski definition) is 3. The number of aliphatic imine (C=N–C) groups is 1. The van der Waals surface area contributed by atoms with Gasteiger partial charge in [0.15, 0.2) is 5.96 Å². The van der Waals surface area contributed by atoms with Gasteiger partial charge in [0.25, 0.3) is 0 Å². The number of nitrogens with two attached hydrogens (primary N) is 1. The van der Waals surface area contributed by atoms with Gasteiger partial charge < -0.3 is 15.8 Å². The largest absolute Gasteiger partial charge is 0.379 e. The van der Waals surface area contributed by atoms with E-state index in [4.69, 9.17) is 10.5 Å². The van der Waals surface area contributed by atoms with Crippen molar-refractivity contribution in [2.75, 3.05) is 44.7 Å². The normalized spacial score (nSPS) is 16.0. The van der Waals surface area contributed by atoms with Gasteiger partial charge in [0.2, 0.25) is 0 Å². The molecule has 6 heteroatoms. The van der Waals surface area contributed by atoms with E-state index >= 15 is 0 Å². The maximum absolute atomic E-state index is 5.94. The predicted molar refractivity (Wildman–Crippen MR) is 108 cm³/mol. The number of ether oxygens (including phenoxy) is 1. The minimum atomic E-state index is 0. The molecular formula is C17H29IN4O. The van der Waals surface area contributed by atoms with Crippen LogP contribution in [0.4, 0.5) is 5.69 Å². The molecule has 1 saturated heterocycles. The summed E-state index contributed by atoms with van der Waals surface area (Å²) in [5, 5.41) is 3.16. The maximum atomic E-state index is 5.94. The summed E-state index contributed by atoms with van der Waals surface area (Å²) in [5.41, 5.74) is 9.40. The first kappa shape index (κ1) is 20.2. The highest BCUT2D eigenvalue weighted by molar-refractivity contribution is 14.0. The molecule has 0 bridgehead atoms. The summed E-state index contributed by atoms with van der Waals surface area (Å²) in [6.07, 6.45) is 2.22. The van der Waals surface area contributed by atoms with Crippen molar-refractivity contribution >= 4 is 35.6 Å². The first-order chi connectivity index (χ1) is 10.6. The number of nitrogens with one attached hydrogen (secondary N) is 1. The van der Waals surface area contributed by atoms with E-state index < -0.39 is 0 Å². The van der Waals surface area contributed by atoms with Gasteiger partial charge in [0.05, 0.1) is 13.2 Å². The number of morpholine rings is 1. The Morgan fingerprint density at radius 2 is 1.83 bits per heavy atom. The summed E-state index contributed by atoms with van der Waals surface area (Å²) in [5.74, 6) is 0.497. The molecule has 0 spiro atoms. The van der Waals surface area contributed by atoms with Crippen molar-refractivity contribution in [3.8, 4) is 0 Å². The average Bonchev–Trinajstić information content (AvgIpc) is 2.47. The molecule has 0 aliphatic carbocycles. The Hall–Kier alpha value is -0.860. The Balaban J connectivity index is 0.00000264. The second kappa shape index (κ2) is 10.8. The van der Waals surface area contributed by atoms with Gasteiger partial charge >= 0.3 is 0 Å². The van der Waals surface area contributed by atoms with Gasteiger partial charge in [0.1, 0.15) is 0 Å². The molecule has 2 rings (SSSR count). The summed E-state index contributed by atoms with van der Waals surface area (Å²) in [6, 6.07) is 6.30. The molecule has 0 atom stereocenters. The molecule has 5 nitrogen and oxygen atoms in total. The van der Waals surface area contributed by atoms with Gasteiger partial charge in [0, 0.05) is 25.3 Å². The maximum Gasteiger partial charge on any atom is 0.193 e. The molecule has 3 N–H and O–H groups in total. The van der Waals surface area contributed by atoms with Crippen LogP contribution in [0.25, 0.3) is 0 Å². The third-order valence-corrected chi connectivity index (χ3v) is 3.76. The quantitative estimate of drug-likeness (QED) is 0.314. The topological polar surface area (TPSA) is 62.9 Å². The molecule has 0 unspecified atom stereocenters. The van der Waals surface area contributed by atoms with E-state index in [9.17, 15) is 0 Å². The number of nitrogens with zero attached hydrogens (tertiary/aromatic N) is 2. The Bertz CT molecular complexity index is 481. The summed E-state index contributed by atoms with van der Waals surface area (Å²) < 4.78 is 5.34. The summed E-state index contributed by atoms with van der Waals surface area (Å²) in [4.78, 5) is 6.85. The second-order valence-corrected chi connectivity index (χ2v) is 5.93. The smallest absolute Gasteiger partial charge is 0.193 e. The highest BCUT2D eigenvalue weighted by atomic mass is 127. The van der Waals surface area contributed by atoms with Crippen molar-refractivity contribution in [1.82, 2.24) is 4.90 Å². The molecule has 0 amide bonds. The van der Waals surface area contributed by atoms with Gasteiger partial charge in [-0.25, -0.2) is 0 Å². The monoisotopic (exact) mass is 432 g/mol. The predicted octanol–water partition coefficient (Wildman–Crippen LogP) is 2.76. The van der Waals surface area contributed by atoms with Crippen LogP contribution in [0.3, 0.4) is 0 Å². The number of rotatable bonds is 6. The molecule has 1 aliphatic heterocycles. The third kappa shape index (κ3) is 7.99. The van der Waals surface area contributed by atoms with Crippen molar-refractivity contribution in [2.24, 2.45) is 10.7 Å². The van der Waals surface area contributed by atoms with Crippen molar-refractivity contribution in [1.29, 1.82) is 0 Å². The van der Waals surface area contributed by atoms with E-state index in [1.807, 2.05) is 0 Å². The first-order valence-corrected chi connectivity index (χ1v) is 8.09. The molecule has 0 aromatic heterocycles. The molecule has 0 radical (unpaired) electrons. The molecule has 1 aromatic carbocycles. The summed E-state index contributed by atoms with van der Waals surface area (Å²) in [6.45, 7) is 9.90. The number of anilines is 1. The van der Waals surface area contributed by atoms with Crippen LogP contribution in [-0.2, 0) is 4.74 Å². The third-order valence-electron chi connectivity index (χ3n) is 3.76. The van der Waals surface area contributed by atoms with E-state index in [2.05, 4.69) is 47.3 Å². The lowest BCUT2D eigenvalue weighted by Crippen LogP contribution is -2.36. The fraction of sp³-hybridized carbons (Fsp3) is 0.588. The number of halogens is 1. The zero-order chi connectivity index (χ0) is 15.8. The molecule has 1 heterocycles. The van der Waals surface area contributed by atoms with Gasteiger partial charge in [-0.15, -0.1) is 24.0 Å². The molecule has 130 valence electrons. The lowest BCUT2D eigenvalue weighted by atomic mass is 10.1. The fourth-order valence-electron chi connectivity index (χ4n) is 2.71. The van der Waals surface area contributed by atoms with Crippen LogP contribution in [0.15, 0.2) is 23.2 Å². The average molecular weight is 432 g/mol. The molecule has 23 heavy (non-hydrogen) atoms. The first-order valence-electron chi connectivity index (χ1n) is 8.09. The standard InChI is InChI=1S/C17H28N4O.HI/c1-14-11-15(2)13-16(12-14)20-17(18)19-5-3-4-6-21-7-9-22-10-8-21;/h11-13H,3-10H2,1-2H3,(H3,18,19,20);1H. The van der Waals surface area contributed by atoms with Gasteiger partial charge in [-0.05, 0) is 56.5 Å². The lowest BCUT2D eigenvalue weighted by Gasteiger charge is -2.26. The van der Waals surface area contributed by atoms with E-state index in [1.165, 1.54) is 11.1 Å². The van der Waals surface area contributed by atoms with Crippen LogP contribution in [-0.4, -0.2) is 50.3 Å². The zero-order valence-electron chi connectivity index (χ0n) is 14.2. The molecule has 1 aromatic rings. The van der Waals surface area contributed by atoms with Crippen LogP contribution < -0.4 is 11.1 Å². The van der Waals surface area contributed by atoms with Crippen LogP contribution in [0, 0.1) is 13.8 Å². The number of aryl methyl sites for hydroxylation is 2. The van der Waals surface area contributed by atoms with Crippen molar-refractivity contribution in [3.63, 3.8) is 0 Å². The van der Waals surface area contributed by atoms with E-state index in [0.717, 1.165) is 57.9 Å². The molecule has 1 fully saturated rings. The Kier molecular flexibility index (Phi) is 9.50. The fourth-order valence-corrected chi connectivity index (χ4v) is 2.71. The lowest BCUT2D eigenvalue weighted by molar-refractivity contribution is 0.0373. The molecular weight excluding hydrogens is 403 g/mol. The number of unbranched alkanes of at least 4 members (excludes halogenated alkanes) is 1. The van der Waals surface area contributed by atoms with Crippen LogP contribution in [0.2, 0.25) is 0 Å². The van der Waals surface area contributed by atoms with Crippen LogP contribution >= 0.6 is 24.0 Å². The number of hydrogen-bond donors (Lipinski definition) is 2.